The van der Waals surface area contributed by atoms with Crippen molar-refractivity contribution in [2.75, 3.05) is 24.5 Å². The predicted octanol–water partition coefficient (Wildman–Crippen LogP) is 3.35. The number of carbonyl (C=O) groups excluding carboxylic acids is 2. The minimum absolute atomic E-state index is 0.0290. The summed E-state index contributed by atoms with van der Waals surface area (Å²) >= 11 is 0. The van der Waals surface area contributed by atoms with Gasteiger partial charge < -0.3 is 15.0 Å². The SMILES string of the molecule is C[C@@H]1CN(C(=O)CCC(=O)NCCCN2[C@H](C)CCC[C@@H]2C)c2ccccc2O1. The Bertz CT molecular complexity index is 698. The molecule has 2 aliphatic rings. The lowest BCUT2D eigenvalue weighted by Crippen LogP contribution is -2.44. The molecule has 1 fully saturated rings. The number of carbonyl (C=O) groups is 2. The largest absolute Gasteiger partial charge is 0.487 e. The van der Waals surface area contributed by atoms with E-state index in [-0.39, 0.29) is 30.8 Å². The van der Waals surface area contributed by atoms with E-state index in [1.54, 1.807) is 4.90 Å². The van der Waals surface area contributed by atoms with Crippen LogP contribution in [-0.4, -0.2) is 54.5 Å². The standard InChI is InChI=1S/C23H35N3O3/c1-17-8-6-9-18(2)25(17)15-7-14-24-22(27)12-13-23(28)26-16-19(3)29-21-11-5-4-10-20(21)26/h4-5,10-11,17-19H,6-9,12-16H2,1-3H3,(H,24,27)/t17-,18+,19-/m1/s1. The highest BCUT2D eigenvalue weighted by Gasteiger charge is 2.27. The number of benzene rings is 1. The van der Waals surface area contributed by atoms with Crippen LogP contribution < -0.4 is 15.0 Å². The molecule has 1 saturated heterocycles. The van der Waals surface area contributed by atoms with Gasteiger partial charge in [0.2, 0.25) is 11.8 Å². The molecular weight excluding hydrogens is 366 g/mol. The molecule has 0 radical (unpaired) electrons. The predicted molar refractivity (Wildman–Crippen MR) is 115 cm³/mol. The number of anilines is 1. The van der Waals surface area contributed by atoms with Crippen LogP contribution in [0, 0.1) is 0 Å². The third kappa shape index (κ3) is 5.72. The number of para-hydroxylation sites is 2. The Morgan fingerprint density at radius 1 is 1.10 bits per heavy atom. The van der Waals surface area contributed by atoms with Gasteiger partial charge in [0, 0.05) is 38.0 Å². The normalized spacial score (nSPS) is 24.5. The zero-order valence-electron chi connectivity index (χ0n) is 18.0. The lowest BCUT2D eigenvalue weighted by Gasteiger charge is -2.39. The molecule has 0 bridgehead atoms. The summed E-state index contributed by atoms with van der Waals surface area (Å²) in [6, 6.07) is 8.83. The Balaban J connectivity index is 1.39. The highest BCUT2D eigenvalue weighted by Crippen LogP contribution is 2.33. The number of piperidine rings is 1. The Hall–Kier alpha value is -2.08. The monoisotopic (exact) mass is 401 g/mol. The van der Waals surface area contributed by atoms with Gasteiger partial charge in [0.1, 0.15) is 11.9 Å². The van der Waals surface area contributed by atoms with Crippen LogP contribution in [0.1, 0.15) is 59.3 Å². The first-order valence-electron chi connectivity index (χ1n) is 11.0. The van der Waals surface area contributed by atoms with Crippen LogP contribution in [-0.2, 0) is 9.59 Å². The molecule has 2 amide bonds. The Labute approximate surface area is 174 Å². The van der Waals surface area contributed by atoms with Crippen molar-refractivity contribution in [3.8, 4) is 5.75 Å². The number of hydrogen-bond acceptors (Lipinski definition) is 4. The summed E-state index contributed by atoms with van der Waals surface area (Å²) in [5.41, 5.74) is 0.792. The van der Waals surface area contributed by atoms with Crippen LogP contribution in [0.4, 0.5) is 5.69 Å². The number of nitrogens with zero attached hydrogens (tertiary/aromatic N) is 2. The fourth-order valence-corrected chi connectivity index (χ4v) is 4.47. The van der Waals surface area contributed by atoms with E-state index in [4.69, 9.17) is 4.74 Å². The number of nitrogens with one attached hydrogen (secondary N) is 1. The van der Waals surface area contributed by atoms with Crippen LogP contribution >= 0.6 is 0 Å². The number of fused-ring (bicyclic) bond motifs is 1. The third-order valence-corrected chi connectivity index (χ3v) is 6.08. The van der Waals surface area contributed by atoms with Gasteiger partial charge in [0.05, 0.1) is 12.2 Å². The van der Waals surface area contributed by atoms with Crippen LogP contribution in [0.25, 0.3) is 0 Å². The fourth-order valence-electron chi connectivity index (χ4n) is 4.47. The van der Waals surface area contributed by atoms with Crippen LogP contribution in [0.15, 0.2) is 24.3 Å². The fraction of sp³-hybridized carbons (Fsp3) is 0.652. The van der Waals surface area contributed by atoms with Crippen molar-refractivity contribution in [1.82, 2.24) is 10.2 Å². The first-order chi connectivity index (χ1) is 14.0. The molecule has 2 aliphatic heterocycles. The van der Waals surface area contributed by atoms with Gasteiger partial charge in [-0.05, 0) is 52.2 Å². The maximum absolute atomic E-state index is 12.7. The van der Waals surface area contributed by atoms with Crippen molar-refractivity contribution >= 4 is 17.5 Å². The van der Waals surface area contributed by atoms with E-state index in [9.17, 15) is 9.59 Å². The summed E-state index contributed by atoms with van der Waals surface area (Å²) in [5, 5.41) is 2.98. The first kappa shape index (κ1) is 21.6. The molecular formula is C23H35N3O3. The van der Waals surface area contributed by atoms with Gasteiger partial charge in [-0.25, -0.2) is 0 Å². The molecule has 6 nitrogen and oxygen atoms in total. The lowest BCUT2D eigenvalue weighted by atomic mass is 9.97. The van der Waals surface area contributed by atoms with Gasteiger partial charge in [-0.2, -0.15) is 0 Å². The highest BCUT2D eigenvalue weighted by molar-refractivity contribution is 5.97. The van der Waals surface area contributed by atoms with Crippen molar-refractivity contribution in [3.63, 3.8) is 0 Å². The molecule has 1 aromatic carbocycles. The molecule has 3 rings (SSSR count). The second-order valence-corrected chi connectivity index (χ2v) is 8.47. The van der Waals surface area contributed by atoms with E-state index in [0.29, 0.717) is 25.2 Å². The third-order valence-electron chi connectivity index (χ3n) is 6.08. The summed E-state index contributed by atoms with van der Waals surface area (Å²) in [4.78, 5) is 29.2. The molecule has 2 heterocycles. The van der Waals surface area contributed by atoms with Gasteiger partial charge in [-0.15, -0.1) is 0 Å². The summed E-state index contributed by atoms with van der Waals surface area (Å²) in [6.07, 6.45) is 5.18. The average Bonchev–Trinajstić information content (AvgIpc) is 2.70. The van der Waals surface area contributed by atoms with E-state index in [1.165, 1.54) is 19.3 Å². The Morgan fingerprint density at radius 3 is 2.59 bits per heavy atom. The van der Waals surface area contributed by atoms with Crippen molar-refractivity contribution < 1.29 is 14.3 Å². The smallest absolute Gasteiger partial charge is 0.227 e. The second-order valence-electron chi connectivity index (χ2n) is 8.47. The molecule has 0 aliphatic carbocycles. The van der Waals surface area contributed by atoms with Crippen molar-refractivity contribution in [1.29, 1.82) is 0 Å². The minimum atomic E-state index is -0.0535. The zero-order chi connectivity index (χ0) is 20.8. The van der Waals surface area contributed by atoms with Crippen molar-refractivity contribution in [2.45, 2.75) is 77.5 Å². The van der Waals surface area contributed by atoms with E-state index < -0.39 is 0 Å². The maximum Gasteiger partial charge on any atom is 0.227 e. The molecule has 160 valence electrons. The molecule has 0 aromatic heterocycles. The number of hydrogen-bond donors (Lipinski definition) is 1. The van der Waals surface area contributed by atoms with Gasteiger partial charge >= 0.3 is 0 Å². The van der Waals surface area contributed by atoms with E-state index in [2.05, 4.69) is 24.1 Å². The van der Waals surface area contributed by atoms with Crippen LogP contribution in [0.3, 0.4) is 0 Å². The first-order valence-corrected chi connectivity index (χ1v) is 11.0. The Morgan fingerprint density at radius 2 is 1.83 bits per heavy atom. The topological polar surface area (TPSA) is 61.9 Å². The summed E-state index contributed by atoms with van der Waals surface area (Å²) in [7, 11) is 0. The van der Waals surface area contributed by atoms with E-state index in [1.807, 2.05) is 31.2 Å². The van der Waals surface area contributed by atoms with E-state index in [0.717, 1.165) is 24.4 Å². The number of ether oxygens (including phenoxy) is 1. The molecule has 1 N–H and O–H groups in total. The van der Waals surface area contributed by atoms with E-state index >= 15 is 0 Å². The van der Waals surface area contributed by atoms with Gasteiger partial charge in [0.15, 0.2) is 0 Å². The van der Waals surface area contributed by atoms with Gasteiger partial charge in [0.25, 0.3) is 0 Å². The molecule has 0 unspecified atom stereocenters. The average molecular weight is 402 g/mol. The van der Waals surface area contributed by atoms with Crippen molar-refractivity contribution in [2.24, 2.45) is 0 Å². The lowest BCUT2D eigenvalue weighted by molar-refractivity contribution is -0.125. The Kier molecular flexibility index (Phi) is 7.53. The number of likely N-dealkylation sites (tertiary alicyclic amines) is 1. The molecule has 0 spiro atoms. The molecule has 0 saturated carbocycles. The summed E-state index contributed by atoms with van der Waals surface area (Å²) in [5.74, 6) is 0.650. The van der Waals surface area contributed by atoms with Crippen molar-refractivity contribution in [3.05, 3.63) is 24.3 Å². The number of rotatable bonds is 7. The van der Waals surface area contributed by atoms with Gasteiger partial charge in [-0.3, -0.25) is 14.5 Å². The molecule has 1 aromatic rings. The summed E-state index contributed by atoms with van der Waals surface area (Å²) < 4.78 is 5.79. The van der Waals surface area contributed by atoms with Crippen LogP contribution in [0.2, 0.25) is 0 Å². The minimum Gasteiger partial charge on any atom is -0.487 e. The molecule has 3 atom stereocenters. The van der Waals surface area contributed by atoms with Gasteiger partial charge in [-0.1, -0.05) is 18.6 Å². The molecule has 29 heavy (non-hydrogen) atoms. The zero-order valence-corrected chi connectivity index (χ0v) is 18.0. The number of amides is 2. The molecule has 6 heteroatoms. The van der Waals surface area contributed by atoms with Crippen LogP contribution in [0.5, 0.6) is 5.75 Å². The highest BCUT2D eigenvalue weighted by atomic mass is 16.5. The quantitative estimate of drug-likeness (QED) is 0.712. The maximum atomic E-state index is 12.7. The summed E-state index contributed by atoms with van der Waals surface area (Å²) in [6.45, 7) is 8.75. The second kappa shape index (κ2) is 10.1.